The summed E-state index contributed by atoms with van der Waals surface area (Å²) >= 11 is 0. The van der Waals surface area contributed by atoms with Crippen LogP contribution in [0.1, 0.15) is 28.0 Å². The number of nitriles is 1. The average Bonchev–Trinajstić information content (AvgIpc) is 2.16. The lowest BCUT2D eigenvalue weighted by atomic mass is 10.1. The second-order valence-corrected chi connectivity index (χ2v) is 2.33. The van der Waals surface area contributed by atoms with Crippen LogP contribution in [0.25, 0.3) is 0 Å². The van der Waals surface area contributed by atoms with E-state index in [9.17, 15) is 18.0 Å². The Hall–Kier alpha value is -1.90. The van der Waals surface area contributed by atoms with E-state index >= 15 is 0 Å². The minimum Gasteiger partial charge on any atom is -0.298 e. The van der Waals surface area contributed by atoms with Crippen LogP contribution >= 0.6 is 0 Å². The van der Waals surface area contributed by atoms with E-state index in [1.165, 1.54) is 6.07 Å². The average molecular weight is 200 g/mol. The first-order valence-electron chi connectivity index (χ1n) is 3.44. The van der Waals surface area contributed by atoms with Gasteiger partial charge in [-0.3, -0.25) is 4.79 Å². The van der Waals surface area contributed by atoms with E-state index in [0.29, 0.717) is 6.07 Å². The van der Waals surface area contributed by atoms with Crippen LogP contribution in [0.3, 0.4) is 0 Å². The smallest absolute Gasteiger partial charge is 0.280 e. The molecule has 0 spiro atoms. The Kier molecular flexibility index (Phi) is 2.82. The molecule has 72 valence electrons. The van der Waals surface area contributed by atoms with Gasteiger partial charge in [-0.25, -0.2) is 13.8 Å². The lowest BCUT2D eigenvalue weighted by Crippen LogP contribution is -2.01. The molecular formula is C8H3F3N2O. The van der Waals surface area contributed by atoms with Crippen molar-refractivity contribution in [3.63, 3.8) is 0 Å². The molecular weight excluding hydrogens is 197 g/mol. The van der Waals surface area contributed by atoms with Gasteiger partial charge >= 0.3 is 0 Å². The predicted molar refractivity (Wildman–Crippen MR) is 39.3 cm³/mol. The summed E-state index contributed by atoms with van der Waals surface area (Å²) < 4.78 is 37.0. The van der Waals surface area contributed by atoms with Crippen LogP contribution in [0.2, 0.25) is 0 Å². The first-order valence-corrected chi connectivity index (χ1v) is 3.44. The number of aromatic nitrogens is 1. The summed E-state index contributed by atoms with van der Waals surface area (Å²) in [6, 6.07) is 2.13. The number of rotatable bonds is 2. The molecule has 1 aromatic rings. The predicted octanol–water partition coefficient (Wildman–Crippen LogP) is 1.84. The van der Waals surface area contributed by atoms with Crippen molar-refractivity contribution in [1.29, 1.82) is 5.26 Å². The summed E-state index contributed by atoms with van der Waals surface area (Å²) in [5.74, 6) is -1.35. The Morgan fingerprint density at radius 1 is 1.57 bits per heavy atom. The van der Waals surface area contributed by atoms with Crippen molar-refractivity contribution in [2.75, 3.05) is 0 Å². The molecule has 0 radical (unpaired) electrons. The Labute approximate surface area is 76.8 Å². The maximum atomic E-state index is 12.8. The van der Waals surface area contributed by atoms with E-state index in [1.54, 1.807) is 0 Å². The van der Waals surface area contributed by atoms with Gasteiger partial charge in [0.2, 0.25) is 5.95 Å². The fourth-order valence-corrected chi connectivity index (χ4v) is 0.859. The highest BCUT2D eigenvalue weighted by Gasteiger charge is 2.16. The highest BCUT2D eigenvalue weighted by atomic mass is 19.3. The Morgan fingerprint density at radius 2 is 2.21 bits per heavy atom. The Balaban J connectivity index is 3.40. The second kappa shape index (κ2) is 3.87. The highest BCUT2D eigenvalue weighted by molar-refractivity contribution is 5.78. The SMILES string of the molecule is N#Cc1cc(C(F)F)nc(F)c1C=O. The van der Waals surface area contributed by atoms with Crippen LogP contribution in [-0.4, -0.2) is 11.3 Å². The fourth-order valence-electron chi connectivity index (χ4n) is 0.859. The molecule has 1 heterocycles. The standard InChI is InChI=1S/C8H3F3N2O/c9-7(10)6-1-4(2-12)5(3-14)8(11)13-6/h1,3,7H. The van der Waals surface area contributed by atoms with E-state index in [2.05, 4.69) is 4.98 Å². The first-order chi connectivity index (χ1) is 6.60. The third-order valence-corrected chi connectivity index (χ3v) is 1.49. The molecule has 6 heteroatoms. The molecule has 0 aliphatic rings. The van der Waals surface area contributed by atoms with E-state index in [0.717, 1.165) is 0 Å². The zero-order valence-electron chi connectivity index (χ0n) is 6.67. The number of carbonyl (C=O) groups is 1. The maximum absolute atomic E-state index is 12.8. The zero-order chi connectivity index (χ0) is 10.7. The maximum Gasteiger partial charge on any atom is 0.280 e. The molecule has 0 bridgehead atoms. The van der Waals surface area contributed by atoms with Crippen LogP contribution in [0.4, 0.5) is 13.2 Å². The zero-order valence-corrected chi connectivity index (χ0v) is 6.67. The van der Waals surface area contributed by atoms with Crippen LogP contribution < -0.4 is 0 Å². The van der Waals surface area contributed by atoms with Gasteiger partial charge in [-0.2, -0.15) is 9.65 Å². The van der Waals surface area contributed by atoms with Crippen LogP contribution in [-0.2, 0) is 0 Å². The largest absolute Gasteiger partial charge is 0.298 e. The molecule has 14 heavy (non-hydrogen) atoms. The normalized spacial score (nSPS) is 9.93. The van der Waals surface area contributed by atoms with E-state index in [4.69, 9.17) is 5.26 Å². The summed E-state index contributed by atoms with van der Waals surface area (Å²) in [5.41, 5.74) is -1.90. The van der Waals surface area contributed by atoms with Gasteiger partial charge in [-0.05, 0) is 6.07 Å². The molecule has 1 aromatic heterocycles. The summed E-state index contributed by atoms with van der Waals surface area (Å²) in [6.07, 6.45) is -2.91. The number of nitrogens with zero attached hydrogens (tertiary/aromatic N) is 2. The third-order valence-electron chi connectivity index (χ3n) is 1.49. The lowest BCUT2D eigenvalue weighted by molar-refractivity contribution is 0.111. The first kappa shape index (κ1) is 10.2. The third kappa shape index (κ3) is 1.71. The fraction of sp³-hybridized carbons (Fsp3) is 0.125. The van der Waals surface area contributed by atoms with Gasteiger partial charge in [0, 0.05) is 0 Å². The number of hydrogen-bond donors (Lipinski definition) is 0. The number of halogens is 3. The Bertz CT molecular complexity index is 412. The van der Waals surface area contributed by atoms with Gasteiger partial charge in [0.1, 0.15) is 11.8 Å². The summed E-state index contributed by atoms with van der Waals surface area (Å²) in [5, 5.41) is 8.43. The van der Waals surface area contributed by atoms with Crippen molar-refractivity contribution < 1.29 is 18.0 Å². The quantitative estimate of drug-likeness (QED) is 0.540. The topological polar surface area (TPSA) is 53.8 Å². The number of alkyl halides is 2. The molecule has 0 fully saturated rings. The van der Waals surface area contributed by atoms with Gasteiger partial charge in [-0.15, -0.1) is 0 Å². The summed E-state index contributed by atoms with van der Waals surface area (Å²) in [6.45, 7) is 0. The van der Waals surface area contributed by atoms with Gasteiger partial charge in [-0.1, -0.05) is 0 Å². The van der Waals surface area contributed by atoms with Crippen molar-refractivity contribution in [3.05, 3.63) is 28.8 Å². The number of carbonyl (C=O) groups excluding carboxylic acids is 1. The number of aldehydes is 1. The van der Waals surface area contributed by atoms with Crippen LogP contribution in [0.5, 0.6) is 0 Å². The molecule has 1 rings (SSSR count). The Morgan fingerprint density at radius 3 is 2.64 bits per heavy atom. The molecule has 0 N–H and O–H groups in total. The van der Waals surface area contributed by atoms with Crippen molar-refractivity contribution >= 4 is 6.29 Å². The minimum absolute atomic E-state index is 0.0656. The van der Waals surface area contributed by atoms with Crippen molar-refractivity contribution in [2.45, 2.75) is 6.43 Å². The van der Waals surface area contributed by atoms with Crippen molar-refractivity contribution in [1.82, 2.24) is 4.98 Å². The molecule has 0 atom stereocenters. The molecule has 0 saturated heterocycles. The molecule has 0 saturated carbocycles. The molecule has 0 aromatic carbocycles. The van der Waals surface area contributed by atoms with E-state index in [1.807, 2.05) is 0 Å². The number of pyridine rings is 1. The van der Waals surface area contributed by atoms with Gasteiger partial charge in [0.15, 0.2) is 6.29 Å². The molecule has 0 amide bonds. The minimum atomic E-state index is -2.97. The second-order valence-electron chi connectivity index (χ2n) is 2.33. The molecule has 3 nitrogen and oxygen atoms in total. The summed E-state index contributed by atoms with van der Waals surface area (Å²) in [4.78, 5) is 13.1. The number of hydrogen-bond acceptors (Lipinski definition) is 3. The molecule has 0 aliphatic carbocycles. The monoisotopic (exact) mass is 200 g/mol. The van der Waals surface area contributed by atoms with Gasteiger partial charge in [0.05, 0.1) is 11.1 Å². The van der Waals surface area contributed by atoms with Gasteiger partial charge < -0.3 is 0 Å². The lowest BCUT2D eigenvalue weighted by Gasteiger charge is -2.01. The van der Waals surface area contributed by atoms with Crippen molar-refractivity contribution in [2.24, 2.45) is 0 Å². The molecule has 0 aliphatic heterocycles. The van der Waals surface area contributed by atoms with E-state index < -0.39 is 29.2 Å². The van der Waals surface area contributed by atoms with Crippen LogP contribution in [0.15, 0.2) is 6.07 Å². The van der Waals surface area contributed by atoms with Gasteiger partial charge in [0.25, 0.3) is 6.43 Å². The van der Waals surface area contributed by atoms with Crippen molar-refractivity contribution in [3.8, 4) is 6.07 Å². The highest BCUT2D eigenvalue weighted by Crippen LogP contribution is 2.20. The van der Waals surface area contributed by atoms with E-state index in [-0.39, 0.29) is 6.29 Å². The molecule has 0 unspecified atom stereocenters. The van der Waals surface area contributed by atoms with Crippen LogP contribution in [0, 0.1) is 17.3 Å². The summed E-state index contributed by atoms with van der Waals surface area (Å²) in [7, 11) is 0.